The Morgan fingerprint density at radius 1 is 0.909 bits per heavy atom. The topological polar surface area (TPSA) is 86.7 Å². The third kappa shape index (κ3) is 4.08. The summed E-state index contributed by atoms with van der Waals surface area (Å²) in [5, 5.41) is 0. The van der Waals surface area contributed by atoms with Crippen LogP contribution >= 0.6 is 0 Å². The lowest BCUT2D eigenvalue weighted by Crippen LogP contribution is -2.57. The van der Waals surface area contributed by atoms with E-state index in [0.29, 0.717) is 24.4 Å². The van der Waals surface area contributed by atoms with Crippen molar-refractivity contribution in [2.45, 2.75) is 66.7 Å². The maximum Gasteiger partial charge on any atom is 0.308 e. The van der Waals surface area contributed by atoms with E-state index in [1.165, 1.54) is 14.2 Å². The molecule has 33 heavy (non-hydrogen) atoms. The highest BCUT2D eigenvalue weighted by Gasteiger charge is 2.60. The molecule has 0 N–H and O–H groups in total. The Morgan fingerprint density at radius 2 is 1.42 bits per heavy atom. The van der Waals surface area contributed by atoms with Crippen LogP contribution < -0.4 is 0 Å². The van der Waals surface area contributed by atoms with Crippen LogP contribution in [0.25, 0.3) is 0 Å². The second-order valence-electron chi connectivity index (χ2n) is 11.5. The van der Waals surface area contributed by atoms with Gasteiger partial charge in [0.1, 0.15) is 11.6 Å². The molecule has 0 heterocycles. The van der Waals surface area contributed by atoms with Gasteiger partial charge in [0.15, 0.2) is 0 Å². The second-order valence-corrected chi connectivity index (χ2v) is 11.5. The highest BCUT2D eigenvalue weighted by atomic mass is 16.5. The first-order valence-electron chi connectivity index (χ1n) is 12.2. The molecule has 0 aromatic heterocycles. The van der Waals surface area contributed by atoms with Crippen molar-refractivity contribution in [3.63, 3.8) is 0 Å². The molecule has 184 valence electrons. The summed E-state index contributed by atoms with van der Waals surface area (Å²) in [6, 6.07) is 0. The average molecular weight is 461 g/mol. The van der Waals surface area contributed by atoms with E-state index in [2.05, 4.69) is 6.58 Å². The van der Waals surface area contributed by atoms with Crippen molar-refractivity contribution in [2.75, 3.05) is 14.2 Å². The van der Waals surface area contributed by atoms with Gasteiger partial charge in [-0.2, -0.15) is 0 Å². The van der Waals surface area contributed by atoms with Gasteiger partial charge in [-0.3, -0.25) is 19.2 Å². The number of hydrogen-bond acceptors (Lipinski definition) is 6. The Morgan fingerprint density at radius 3 is 1.91 bits per heavy atom. The number of Topliss-reactive ketones (excluding diaryl/α,β-unsaturated/α-hetero) is 2. The summed E-state index contributed by atoms with van der Waals surface area (Å²) >= 11 is 0. The van der Waals surface area contributed by atoms with Gasteiger partial charge < -0.3 is 9.47 Å². The predicted molar refractivity (Wildman–Crippen MR) is 124 cm³/mol. The zero-order chi connectivity index (χ0) is 24.9. The molecule has 6 saturated carbocycles. The van der Waals surface area contributed by atoms with Gasteiger partial charge in [0.05, 0.1) is 26.1 Å². The molecule has 6 heteroatoms. The van der Waals surface area contributed by atoms with Gasteiger partial charge in [-0.1, -0.05) is 39.8 Å². The third-order valence-corrected chi connectivity index (χ3v) is 9.53. The maximum atomic E-state index is 12.5. The standard InChI is InChI=1S/C15H22O3.C12H18O3/c1-8(2)12-6-10-9(3)13(16)15(12,4)7-11(10)14(17)18-5;1-7-8-4-5-12(2,10(7)13)6-9(8)11(14)15-3/h9-12H,1,6-7H2,2-5H3;7-9H,4-6H2,1-3H3/t9-,10-,11-,12-,15-;7-,8-,9-,12+/m00/s1. The molecule has 0 spiro atoms. The van der Waals surface area contributed by atoms with Crippen LogP contribution in [0.5, 0.6) is 0 Å². The summed E-state index contributed by atoms with van der Waals surface area (Å²) in [5.41, 5.74) is 0.359. The number of ketones is 2. The van der Waals surface area contributed by atoms with E-state index in [1.807, 2.05) is 34.6 Å². The van der Waals surface area contributed by atoms with Crippen molar-refractivity contribution in [3.8, 4) is 0 Å². The molecule has 0 aromatic carbocycles. The Labute approximate surface area is 197 Å². The molecule has 9 atom stereocenters. The molecule has 0 saturated heterocycles. The highest BCUT2D eigenvalue weighted by Crippen LogP contribution is 2.58. The van der Waals surface area contributed by atoms with Crippen LogP contribution in [0.15, 0.2) is 12.2 Å². The van der Waals surface area contributed by atoms with Crippen LogP contribution in [0.4, 0.5) is 0 Å². The number of fused-ring (bicyclic) bond motifs is 6. The van der Waals surface area contributed by atoms with Crippen LogP contribution in [0, 0.1) is 52.3 Å². The molecule has 0 aromatic rings. The number of carbonyl (C=O) groups is 4. The molecule has 0 amide bonds. The summed E-state index contributed by atoms with van der Waals surface area (Å²) < 4.78 is 9.71. The number of rotatable bonds is 3. The normalized spacial score (nSPS) is 43.4. The quantitative estimate of drug-likeness (QED) is 0.458. The van der Waals surface area contributed by atoms with Crippen LogP contribution in [0.2, 0.25) is 0 Å². The van der Waals surface area contributed by atoms with Gasteiger partial charge in [0.25, 0.3) is 0 Å². The van der Waals surface area contributed by atoms with E-state index in [-0.39, 0.29) is 58.8 Å². The first kappa shape index (κ1) is 25.6. The van der Waals surface area contributed by atoms with Gasteiger partial charge in [-0.25, -0.2) is 0 Å². The van der Waals surface area contributed by atoms with Crippen molar-refractivity contribution < 1.29 is 28.7 Å². The SMILES string of the molecule is C=C(C)[C@@H]1C[C@H]2[C@H](C)C(=O)[C@@]1(C)C[C@@H]2C(=O)OC.COC(=O)[C@H]1C[C@@]2(C)CC[C@H]1[C@H](C)C2=O. The molecule has 0 aliphatic heterocycles. The number of esters is 2. The lowest BCUT2D eigenvalue weighted by molar-refractivity contribution is -0.167. The molecule has 6 aliphatic rings. The van der Waals surface area contributed by atoms with E-state index >= 15 is 0 Å². The molecule has 0 radical (unpaired) electrons. The fourth-order valence-corrected chi connectivity index (χ4v) is 7.54. The maximum absolute atomic E-state index is 12.5. The predicted octanol–water partition coefficient (Wildman–Crippen LogP) is 4.40. The van der Waals surface area contributed by atoms with Crippen LogP contribution in [0.1, 0.15) is 66.7 Å². The largest absolute Gasteiger partial charge is 0.469 e. The van der Waals surface area contributed by atoms with Gasteiger partial charge >= 0.3 is 11.9 Å². The summed E-state index contributed by atoms with van der Waals surface area (Å²) in [5.74, 6) is 0.712. The minimum Gasteiger partial charge on any atom is -0.469 e. The molecule has 4 bridgehead atoms. The monoisotopic (exact) mass is 460 g/mol. The van der Waals surface area contributed by atoms with Crippen molar-refractivity contribution in [1.82, 2.24) is 0 Å². The average Bonchev–Trinajstić information content (AvgIpc) is 2.79. The van der Waals surface area contributed by atoms with Gasteiger partial charge in [-0.15, -0.1) is 0 Å². The molecule has 6 rings (SSSR count). The van der Waals surface area contributed by atoms with E-state index in [9.17, 15) is 19.2 Å². The highest BCUT2D eigenvalue weighted by molar-refractivity contribution is 5.92. The van der Waals surface area contributed by atoms with Crippen molar-refractivity contribution in [1.29, 1.82) is 0 Å². The summed E-state index contributed by atoms with van der Waals surface area (Å²) in [7, 11) is 2.86. The van der Waals surface area contributed by atoms with E-state index in [4.69, 9.17) is 9.47 Å². The van der Waals surface area contributed by atoms with E-state index in [0.717, 1.165) is 24.8 Å². The van der Waals surface area contributed by atoms with Crippen molar-refractivity contribution in [3.05, 3.63) is 12.2 Å². The zero-order valence-electron chi connectivity index (χ0n) is 21.2. The number of allylic oxidation sites excluding steroid dienone is 1. The summed E-state index contributed by atoms with van der Waals surface area (Å²) in [4.78, 5) is 48.0. The second kappa shape index (κ2) is 8.99. The van der Waals surface area contributed by atoms with Crippen LogP contribution in [-0.2, 0) is 28.7 Å². The summed E-state index contributed by atoms with van der Waals surface area (Å²) in [6.07, 6.45) is 4.12. The first-order valence-corrected chi connectivity index (χ1v) is 12.2. The Hall–Kier alpha value is -1.98. The Kier molecular flexibility index (Phi) is 6.99. The lowest BCUT2D eigenvalue weighted by Gasteiger charge is -2.55. The van der Waals surface area contributed by atoms with E-state index < -0.39 is 5.41 Å². The third-order valence-electron chi connectivity index (χ3n) is 9.53. The number of hydrogen-bond donors (Lipinski definition) is 0. The Balaban J connectivity index is 0.000000189. The lowest BCUT2D eigenvalue weighted by atomic mass is 9.47. The molecular formula is C27H40O6. The molecule has 0 unspecified atom stereocenters. The zero-order valence-corrected chi connectivity index (χ0v) is 21.2. The first-order chi connectivity index (χ1) is 15.3. The van der Waals surface area contributed by atoms with E-state index in [1.54, 1.807) is 0 Å². The van der Waals surface area contributed by atoms with Gasteiger partial charge in [0.2, 0.25) is 0 Å². The van der Waals surface area contributed by atoms with Gasteiger partial charge in [-0.05, 0) is 56.8 Å². The van der Waals surface area contributed by atoms with Crippen LogP contribution in [-0.4, -0.2) is 37.7 Å². The minimum absolute atomic E-state index is 0.0293. The molecule has 6 fully saturated rings. The fourth-order valence-electron chi connectivity index (χ4n) is 7.54. The number of ether oxygens (including phenoxy) is 2. The van der Waals surface area contributed by atoms with Gasteiger partial charge in [0, 0.05) is 22.7 Å². The molecular weight excluding hydrogens is 420 g/mol. The number of methoxy groups -OCH3 is 2. The smallest absolute Gasteiger partial charge is 0.308 e. The molecule has 6 nitrogen and oxygen atoms in total. The van der Waals surface area contributed by atoms with Crippen molar-refractivity contribution in [2.24, 2.45) is 52.3 Å². The van der Waals surface area contributed by atoms with Crippen LogP contribution in [0.3, 0.4) is 0 Å². The molecule has 6 aliphatic carbocycles. The fraction of sp³-hybridized carbons (Fsp3) is 0.778. The van der Waals surface area contributed by atoms with Crippen molar-refractivity contribution >= 4 is 23.5 Å². The Bertz CT molecular complexity index is 861. The minimum atomic E-state index is -0.432. The number of carbonyl (C=O) groups excluding carboxylic acids is 4. The summed E-state index contributed by atoms with van der Waals surface area (Å²) in [6.45, 7) is 13.9.